The fourth-order valence-corrected chi connectivity index (χ4v) is 4.63. The van der Waals surface area contributed by atoms with E-state index in [9.17, 15) is 4.79 Å². The molecule has 0 atom stereocenters. The zero-order valence-corrected chi connectivity index (χ0v) is 18.7. The van der Waals surface area contributed by atoms with Gasteiger partial charge in [-0.2, -0.15) is 0 Å². The number of carbonyl (C=O) groups excluding carboxylic acids is 1. The summed E-state index contributed by atoms with van der Waals surface area (Å²) in [5, 5.41) is 15.6. The molecule has 0 radical (unpaired) electrons. The molecule has 6 nitrogen and oxygen atoms in total. The van der Waals surface area contributed by atoms with E-state index < -0.39 is 0 Å². The van der Waals surface area contributed by atoms with E-state index in [-0.39, 0.29) is 5.91 Å². The van der Waals surface area contributed by atoms with E-state index in [4.69, 9.17) is 11.6 Å². The molecule has 0 saturated carbocycles. The molecule has 0 unspecified atom stereocenters. The molecule has 0 aliphatic rings. The first-order chi connectivity index (χ1) is 14.5. The number of aromatic nitrogens is 4. The SMILES string of the molecule is CC(=O)Nc1nc(CSc2nnc(-c3ccc(Cl)cc3)n2-c2ccc(C)cc2)cs1. The highest BCUT2D eigenvalue weighted by atomic mass is 35.5. The Balaban J connectivity index is 1.65. The van der Waals surface area contributed by atoms with Crippen molar-refractivity contribution in [3.8, 4) is 17.1 Å². The third-order valence-electron chi connectivity index (χ3n) is 4.21. The number of rotatable bonds is 6. The molecule has 152 valence electrons. The van der Waals surface area contributed by atoms with E-state index in [0.717, 1.165) is 27.9 Å². The first-order valence-corrected chi connectivity index (χ1v) is 11.4. The van der Waals surface area contributed by atoms with E-state index in [0.29, 0.717) is 15.9 Å². The Bertz CT molecular complexity index is 1170. The third-order valence-corrected chi connectivity index (χ3v) is 6.23. The molecule has 4 rings (SSSR count). The van der Waals surface area contributed by atoms with Crippen LogP contribution in [0, 0.1) is 6.92 Å². The average Bonchev–Trinajstić information content (AvgIpc) is 3.34. The standard InChI is InChI=1S/C21H18ClN5OS2/c1-13-3-9-18(10-4-13)27-19(15-5-7-16(22)8-6-15)25-26-21(27)30-12-17-11-29-20(24-17)23-14(2)28/h3-11H,12H2,1-2H3,(H,23,24,28). The van der Waals surface area contributed by atoms with Crippen LogP contribution in [0.3, 0.4) is 0 Å². The molecule has 0 spiro atoms. The Hall–Kier alpha value is -2.68. The largest absolute Gasteiger partial charge is 0.302 e. The molecule has 2 heterocycles. The molecule has 1 amide bonds. The van der Waals surface area contributed by atoms with E-state index in [1.54, 1.807) is 11.8 Å². The number of thiazole rings is 1. The smallest absolute Gasteiger partial charge is 0.223 e. The maximum Gasteiger partial charge on any atom is 0.223 e. The van der Waals surface area contributed by atoms with Crippen LogP contribution in [-0.4, -0.2) is 25.7 Å². The summed E-state index contributed by atoms with van der Waals surface area (Å²) in [6.45, 7) is 3.53. The van der Waals surface area contributed by atoms with Gasteiger partial charge >= 0.3 is 0 Å². The van der Waals surface area contributed by atoms with Crippen LogP contribution >= 0.6 is 34.7 Å². The lowest BCUT2D eigenvalue weighted by Gasteiger charge is -2.10. The van der Waals surface area contributed by atoms with Gasteiger partial charge in [-0.15, -0.1) is 21.5 Å². The van der Waals surface area contributed by atoms with Crippen molar-refractivity contribution < 1.29 is 4.79 Å². The highest BCUT2D eigenvalue weighted by Crippen LogP contribution is 2.31. The fraction of sp³-hybridized carbons (Fsp3) is 0.143. The number of nitrogens with one attached hydrogen (secondary N) is 1. The number of anilines is 1. The van der Waals surface area contributed by atoms with Gasteiger partial charge in [0.2, 0.25) is 5.91 Å². The molecule has 2 aromatic heterocycles. The van der Waals surface area contributed by atoms with Gasteiger partial charge in [0, 0.05) is 34.3 Å². The Kier molecular flexibility index (Phi) is 6.17. The normalized spacial score (nSPS) is 10.9. The molecule has 0 aliphatic heterocycles. The molecule has 1 N–H and O–H groups in total. The molecule has 0 saturated heterocycles. The number of thioether (sulfide) groups is 1. The molecule has 4 aromatic rings. The highest BCUT2D eigenvalue weighted by Gasteiger charge is 2.17. The summed E-state index contributed by atoms with van der Waals surface area (Å²) in [4.78, 5) is 15.7. The maximum absolute atomic E-state index is 11.2. The summed E-state index contributed by atoms with van der Waals surface area (Å²) >= 11 is 9.00. The van der Waals surface area contributed by atoms with Crippen LogP contribution in [-0.2, 0) is 10.5 Å². The number of carbonyl (C=O) groups is 1. The lowest BCUT2D eigenvalue weighted by atomic mass is 10.2. The predicted molar refractivity (Wildman–Crippen MR) is 123 cm³/mol. The lowest BCUT2D eigenvalue weighted by molar-refractivity contribution is -0.114. The van der Waals surface area contributed by atoms with Crippen molar-refractivity contribution in [3.05, 3.63) is 70.2 Å². The monoisotopic (exact) mass is 455 g/mol. The summed E-state index contributed by atoms with van der Waals surface area (Å²) in [5.74, 6) is 1.23. The number of benzene rings is 2. The Labute approximate surface area is 187 Å². The Morgan fingerprint density at radius 2 is 1.87 bits per heavy atom. The van der Waals surface area contributed by atoms with Crippen molar-refractivity contribution in [2.45, 2.75) is 24.8 Å². The summed E-state index contributed by atoms with van der Waals surface area (Å²) in [6.07, 6.45) is 0. The van der Waals surface area contributed by atoms with Crippen molar-refractivity contribution >= 4 is 45.7 Å². The van der Waals surface area contributed by atoms with Crippen molar-refractivity contribution in [2.24, 2.45) is 0 Å². The molecule has 2 aromatic carbocycles. The number of amides is 1. The van der Waals surface area contributed by atoms with Crippen molar-refractivity contribution in [1.29, 1.82) is 0 Å². The molecule has 0 bridgehead atoms. The van der Waals surface area contributed by atoms with Gasteiger partial charge in [-0.3, -0.25) is 9.36 Å². The van der Waals surface area contributed by atoms with Crippen LogP contribution < -0.4 is 5.32 Å². The van der Waals surface area contributed by atoms with Crippen LogP contribution in [0.4, 0.5) is 5.13 Å². The third kappa shape index (κ3) is 4.72. The second-order valence-electron chi connectivity index (χ2n) is 6.60. The van der Waals surface area contributed by atoms with Crippen molar-refractivity contribution in [2.75, 3.05) is 5.32 Å². The van der Waals surface area contributed by atoms with Gasteiger partial charge in [0.25, 0.3) is 0 Å². The topological polar surface area (TPSA) is 72.7 Å². The van der Waals surface area contributed by atoms with E-state index in [2.05, 4.69) is 51.7 Å². The van der Waals surface area contributed by atoms with Crippen LogP contribution in [0.5, 0.6) is 0 Å². The van der Waals surface area contributed by atoms with E-state index in [1.807, 2.05) is 34.2 Å². The van der Waals surface area contributed by atoms with Crippen molar-refractivity contribution in [3.63, 3.8) is 0 Å². The van der Waals surface area contributed by atoms with Gasteiger partial charge < -0.3 is 5.32 Å². The maximum atomic E-state index is 11.2. The molecule has 0 aliphatic carbocycles. The van der Waals surface area contributed by atoms with Crippen LogP contribution in [0.25, 0.3) is 17.1 Å². The minimum absolute atomic E-state index is 0.129. The summed E-state index contributed by atoms with van der Waals surface area (Å²) in [6, 6.07) is 15.8. The van der Waals surface area contributed by atoms with Crippen LogP contribution in [0.2, 0.25) is 5.02 Å². The number of hydrogen-bond acceptors (Lipinski definition) is 6. The average molecular weight is 456 g/mol. The lowest BCUT2D eigenvalue weighted by Crippen LogP contribution is -2.05. The fourth-order valence-electron chi connectivity index (χ4n) is 2.80. The first-order valence-electron chi connectivity index (χ1n) is 9.13. The molecular weight excluding hydrogens is 438 g/mol. The molecule has 30 heavy (non-hydrogen) atoms. The van der Waals surface area contributed by atoms with Crippen LogP contribution in [0.15, 0.2) is 59.1 Å². The van der Waals surface area contributed by atoms with E-state index >= 15 is 0 Å². The number of hydrogen-bond donors (Lipinski definition) is 1. The van der Waals surface area contributed by atoms with Gasteiger partial charge in [-0.05, 0) is 43.3 Å². The summed E-state index contributed by atoms with van der Waals surface area (Å²) in [5.41, 5.74) is 3.97. The molecule has 0 fully saturated rings. The van der Waals surface area contributed by atoms with Gasteiger partial charge in [0.1, 0.15) is 0 Å². The second-order valence-corrected chi connectivity index (χ2v) is 8.83. The van der Waals surface area contributed by atoms with Crippen LogP contribution in [0.1, 0.15) is 18.2 Å². The van der Waals surface area contributed by atoms with Gasteiger partial charge in [0.05, 0.1) is 5.69 Å². The zero-order chi connectivity index (χ0) is 21.1. The first kappa shape index (κ1) is 20.6. The zero-order valence-electron chi connectivity index (χ0n) is 16.3. The van der Waals surface area contributed by atoms with Gasteiger partial charge in [-0.1, -0.05) is 41.1 Å². The molecule has 9 heteroatoms. The number of nitrogens with zero attached hydrogens (tertiary/aromatic N) is 4. The van der Waals surface area contributed by atoms with Gasteiger partial charge in [0.15, 0.2) is 16.1 Å². The summed E-state index contributed by atoms with van der Waals surface area (Å²) < 4.78 is 2.04. The second kappa shape index (κ2) is 8.99. The molecular formula is C21H18ClN5OS2. The Morgan fingerprint density at radius 3 is 2.57 bits per heavy atom. The Morgan fingerprint density at radius 1 is 1.13 bits per heavy atom. The van der Waals surface area contributed by atoms with E-state index in [1.165, 1.54) is 23.8 Å². The summed E-state index contributed by atoms with van der Waals surface area (Å²) in [7, 11) is 0. The number of halogens is 1. The highest BCUT2D eigenvalue weighted by molar-refractivity contribution is 7.98. The minimum Gasteiger partial charge on any atom is -0.302 e. The minimum atomic E-state index is -0.129. The number of aryl methyl sites for hydroxylation is 1. The quantitative estimate of drug-likeness (QED) is 0.383. The van der Waals surface area contributed by atoms with Crippen molar-refractivity contribution in [1.82, 2.24) is 19.7 Å². The predicted octanol–water partition coefficient (Wildman–Crippen LogP) is 5.60. The van der Waals surface area contributed by atoms with Gasteiger partial charge in [-0.25, -0.2) is 4.98 Å².